The zero-order chi connectivity index (χ0) is 20.4. The molecule has 1 fully saturated rings. The Balaban J connectivity index is 1.43. The molecule has 0 radical (unpaired) electrons. The number of carbonyl (C=O) groups is 1. The molecule has 4 rings (SSSR count). The van der Waals surface area contributed by atoms with E-state index in [0.717, 1.165) is 11.3 Å². The summed E-state index contributed by atoms with van der Waals surface area (Å²) in [6.07, 6.45) is 2.82. The number of amides is 1. The summed E-state index contributed by atoms with van der Waals surface area (Å²) in [4.78, 5) is 18.9. The molecule has 1 aliphatic heterocycles. The van der Waals surface area contributed by atoms with Crippen LogP contribution in [-0.2, 0) is 4.79 Å². The van der Waals surface area contributed by atoms with Crippen LogP contribution in [0.3, 0.4) is 0 Å². The van der Waals surface area contributed by atoms with Gasteiger partial charge in [-0.25, -0.2) is 0 Å². The average molecular weight is 411 g/mol. The van der Waals surface area contributed by atoms with Gasteiger partial charge in [-0.2, -0.15) is 10.2 Å². The maximum Gasteiger partial charge on any atom is 0.266 e. The van der Waals surface area contributed by atoms with Gasteiger partial charge in [-0.3, -0.25) is 4.79 Å². The Morgan fingerprint density at radius 3 is 2.79 bits per heavy atom. The van der Waals surface area contributed by atoms with Gasteiger partial charge in [0.1, 0.15) is 6.07 Å². The first-order valence-electron chi connectivity index (χ1n) is 9.32. The van der Waals surface area contributed by atoms with Crippen LogP contribution in [0, 0.1) is 24.2 Å². The number of carbonyl (C=O) groups excluding carboxylic acids is 1. The van der Waals surface area contributed by atoms with E-state index in [1.54, 1.807) is 18.2 Å². The summed E-state index contributed by atoms with van der Waals surface area (Å²) in [6, 6.07) is 11.0. The Morgan fingerprint density at radius 2 is 2.10 bits per heavy atom. The zero-order valence-corrected chi connectivity index (χ0v) is 16.6. The second-order valence-electron chi connectivity index (χ2n) is 6.92. The van der Waals surface area contributed by atoms with E-state index < -0.39 is 0 Å². The van der Waals surface area contributed by atoms with Crippen LogP contribution in [0.25, 0.3) is 11.7 Å². The molecule has 2 aromatic heterocycles. The average Bonchev–Trinajstić information content (AvgIpc) is 3.41. The second kappa shape index (κ2) is 8.02. The predicted molar refractivity (Wildman–Crippen MR) is 109 cm³/mol. The second-order valence-corrected chi connectivity index (χ2v) is 7.33. The van der Waals surface area contributed by atoms with Crippen LogP contribution in [0.1, 0.15) is 24.1 Å². The van der Waals surface area contributed by atoms with E-state index in [2.05, 4.69) is 16.4 Å². The van der Waals surface area contributed by atoms with Crippen molar-refractivity contribution in [3.63, 3.8) is 0 Å². The van der Waals surface area contributed by atoms with Crippen LogP contribution < -0.4 is 10.2 Å². The maximum absolute atomic E-state index is 12.7. The molecule has 0 bridgehead atoms. The lowest BCUT2D eigenvalue weighted by molar-refractivity contribution is -0.120. The van der Waals surface area contributed by atoms with Crippen LogP contribution in [0.5, 0.6) is 0 Å². The van der Waals surface area contributed by atoms with Gasteiger partial charge in [0.25, 0.3) is 5.89 Å². The number of benzene rings is 1. The molecule has 1 aliphatic rings. The lowest BCUT2D eigenvalue weighted by atomic mass is 9.95. The standard InChI is InChI=1S/C21H19ClN4O3/c1-13-15(22)4-2-5-16(13)24-19(27)14-7-9-26(10-8-14)21-17(12-23)25-20(29-21)18-6-3-11-28-18/h2-6,11,14H,7-10H2,1H3,(H,24,27). The van der Waals surface area contributed by atoms with Crippen LogP contribution in [0.4, 0.5) is 11.6 Å². The molecule has 1 saturated heterocycles. The molecule has 0 spiro atoms. The number of aromatic nitrogens is 1. The van der Waals surface area contributed by atoms with E-state index in [4.69, 9.17) is 20.4 Å². The van der Waals surface area contributed by atoms with E-state index in [0.29, 0.717) is 42.6 Å². The van der Waals surface area contributed by atoms with Crippen molar-refractivity contribution >= 4 is 29.1 Å². The monoisotopic (exact) mass is 410 g/mol. The van der Waals surface area contributed by atoms with Gasteiger partial charge >= 0.3 is 0 Å². The Labute approximate surface area is 172 Å². The molecule has 7 nitrogen and oxygen atoms in total. The first kappa shape index (κ1) is 19.1. The minimum atomic E-state index is -0.123. The van der Waals surface area contributed by atoms with Crippen molar-refractivity contribution < 1.29 is 13.6 Å². The van der Waals surface area contributed by atoms with E-state index in [1.165, 1.54) is 6.26 Å². The summed E-state index contributed by atoms with van der Waals surface area (Å²) in [7, 11) is 0. The summed E-state index contributed by atoms with van der Waals surface area (Å²) in [5.41, 5.74) is 1.80. The number of hydrogen-bond acceptors (Lipinski definition) is 6. The summed E-state index contributed by atoms with van der Waals surface area (Å²) in [5.74, 6) is 1.02. The Morgan fingerprint density at radius 1 is 1.31 bits per heavy atom. The molecule has 0 aliphatic carbocycles. The molecule has 1 aromatic carbocycles. The first-order valence-corrected chi connectivity index (χ1v) is 9.70. The molecule has 1 amide bonds. The molecule has 0 unspecified atom stereocenters. The van der Waals surface area contributed by atoms with E-state index >= 15 is 0 Å². The van der Waals surface area contributed by atoms with E-state index in [-0.39, 0.29) is 23.4 Å². The molecule has 8 heteroatoms. The summed E-state index contributed by atoms with van der Waals surface area (Å²) < 4.78 is 11.1. The van der Waals surface area contributed by atoms with Crippen molar-refractivity contribution in [2.75, 3.05) is 23.3 Å². The van der Waals surface area contributed by atoms with Gasteiger partial charge in [-0.1, -0.05) is 17.7 Å². The Kier molecular flexibility index (Phi) is 5.28. The quantitative estimate of drug-likeness (QED) is 0.674. The normalized spacial score (nSPS) is 14.6. The van der Waals surface area contributed by atoms with Crippen molar-refractivity contribution in [3.05, 3.63) is 52.9 Å². The van der Waals surface area contributed by atoms with Crippen molar-refractivity contribution in [2.45, 2.75) is 19.8 Å². The minimum Gasteiger partial charge on any atom is -0.459 e. The Hall–Kier alpha value is -3.24. The van der Waals surface area contributed by atoms with Crippen LogP contribution in [-0.4, -0.2) is 24.0 Å². The highest BCUT2D eigenvalue weighted by molar-refractivity contribution is 6.31. The number of nitriles is 1. The van der Waals surface area contributed by atoms with Crippen LogP contribution >= 0.6 is 11.6 Å². The van der Waals surface area contributed by atoms with Gasteiger partial charge in [0.2, 0.25) is 17.5 Å². The van der Waals surface area contributed by atoms with Crippen molar-refractivity contribution in [1.82, 2.24) is 4.98 Å². The molecule has 0 saturated carbocycles. The molecule has 0 atom stereocenters. The highest BCUT2D eigenvalue weighted by Gasteiger charge is 2.29. The van der Waals surface area contributed by atoms with Crippen molar-refractivity contribution in [1.29, 1.82) is 5.26 Å². The number of nitrogens with zero attached hydrogens (tertiary/aromatic N) is 3. The van der Waals surface area contributed by atoms with Gasteiger partial charge in [0.15, 0.2) is 5.76 Å². The number of rotatable bonds is 4. The molecular weight excluding hydrogens is 392 g/mol. The van der Waals surface area contributed by atoms with Gasteiger partial charge in [-0.05, 0) is 49.6 Å². The fraction of sp³-hybridized carbons (Fsp3) is 0.286. The number of hydrogen-bond donors (Lipinski definition) is 1. The molecule has 148 valence electrons. The van der Waals surface area contributed by atoms with Crippen molar-refractivity contribution in [2.24, 2.45) is 5.92 Å². The SMILES string of the molecule is Cc1c(Cl)cccc1NC(=O)C1CCN(c2oc(-c3ccco3)nc2C#N)CC1. The number of halogens is 1. The predicted octanol–water partition coefficient (Wildman–Crippen LogP) is 4.62. The summed E-state index contributed by atoms with van der Waals surface area (Å²) in [6.45, 7) is 3.06. The van der Waals surface area contributed by atoms with Gasteiger partial charge in [0.05, 0.1) is 6.26 Å². The molecule has 29 heavy (non-hydrogen) atoms. The van der Waals surface area contributed by atoms with E-state index in [9.17, 15) is 10.1 Å². The summed E-state index contributed by atoms with van der Waals surface area (Å²) in [5, 5.41) is 13.0. The Bertz CT molecular complexity index is 1060. The fourth-order valence-corrected chi connectivity index (χ4v) is 3.60. The molecular formula is C21H19ClN4O3. The maximum atomic E-state index is 12.7. The largest absolute Gasteiger partial charge is 0.459 e. The smallest absolute Gasteiger partial charge is 0.266 e. The van der Waals surface area contributed by atoms with Crippen LogP contribution in [0.15, 0.2) is 45.4 Å². The topological polar surface area (TPSA) is 95.3 Å². The summed E-state index contributed by atoms with van der Waals surface area (Å²) >= 11 is 6.13. The minimum absolute atomic E-state index is 0.0237. The highest BCUT2D eigenvalue weighted by atomic mass is 35.5. The third-order valence-electron chi connectivity index (χ3n) is 5.13. The van der Waals surface area contributed by atoms with E-state index in [1.807, 2.05) is 24.0 Å². The van der Waals surface area contributed by atoms with Gasteiger partial charge in [-0.15, -0.1) is 0 Å². The third kappa shape index (κ3) is 3.84. The van der Waals surface area contributed by atoms with Crippen LogP contribution in [0.2, 0.25) is 5.02 Å². The third-order valence-corrected chi connectivity index (χ3v) is 5.54. The fourth-order valence-electron chi connectivity index (χ4n) is 3.43. The van der Waals surface area contributed by atoms with Gasteiger partial charge in [0, 0.05) is 29.7 Å². The first-order chi connectivity index (χ1) is 14.1. The number of nitrogens with one attached hydrogen (secondary N) is 1. The number of piperidine rings is 1. The van der Waals surface area contributed by atoms with Crippen molar-refractivity contribution in [3.8, 4) is 17.7 Å². The number of oxazole rings is 1. The lowest BCUT2D eigenvalue weighted by Crippen LogP contribution is -2.38. The number of anilines is 2. The highest BCUT2D eigenvalue weighted by Crippen LogP contribution is 2.32. The molecule has 3 aromatic rings. The molecule has 3 heterocycles. The number of furan rings is 1. The van der Waals surface area contributed by atoms with Gasteiger partial charge < -0.3 is 19.1 Å². The lowest BCUT2D eigenvalue weighted by Gasteiger charge is -2.31. The molecule has 1 N–H and O–H groups in total. The zero-order valence-electron chi connectivity index (χ0n) is 15.8.